The van der Waals surface area contributed by atoms with E-state index < -0.39 is 40.4 Å². The Morgan fingerprint density at radius 3 is 2.58 bits per heavy atom. The first kappa shape index (κ1) is 22.5. The van der Waals surface area contributed by atoms with Gasteiger partial charge in [0.05, 0.1) is 10.5 Å². The molecule has 33 heavy (non-hydrogen) atoms. The molecule has 1 aliphatic rings. The van der Waals surface area contributed by atoms with Crippen LogP contribution in [0.1, 0.15) is 23.9 Å². The second kappa shape index (κ2) is 8.31. The second-order valence-corrected chi connectivity index (χ2v) is 8.60. The van der Waals surface area contributed by atoms with Crippen molar-refractivity contribution in [1.82, 2.24) is 14.9 Å². The Balaban J connectivity index is 1.40. The normalized spacial score (nSPS) is 16.8. The van der Waals surface area contributed by atoms with Crippen LogP contribution in [0.3, 0.4) is 0 Å². The predicted molar refractivity (Wildman–Crippen MR) is 107 cm³/mol. The van der Waals surface area contributed by atoms with E-state index in [4.69, 9.17) is 9.26 Å². The summed E-state index contributed by atoms with van der Waals surface area (Å²) in [5.74, 6) is -0.803. The van der Waals surface area contributed by atoms with E-state index in [-0.39, 0.29) is 28.0 Å². The number of carbonyl (C=O) groups is 1. The molecule has 2 heterocycles. The number of sulfonamides is 1. The summed E-state index contributed by atoms with van der Waals surface area (Å²) >= 11 is 0. The van der Waals surface area contributed by atoms with E-state index in [0.717, 1.165) is 12.1 Å². The third-order valence-corrected chi connectivity index (χ3v) is 6.00. The summed E-state index contributed by atoms with van der Waals surface area (Å²) in [5, 5.41) is 3.66. The minimum absolute atomic E-state index is 0.0254. The van der Waals surface area contributed by atoms with Gasteiger partial charge in [-0.1, -0.05) is 29.4 Å². The molecule has 0 spiro atoms. The molecule has 2 aromatic carbocycles. The fourth-order valence-electron chi connectivity index (χ4n) is 2.97. The lowest BCUT2D eigenvalue weighted by molar-refractivity contribution is -0.146. The fraction of sp³-hybridized carbons (Fsp3) is 0.200. The molecule has 0 amide bonds. The Labute approximate surface area is 185 Å². The van der Waals surface area contributed by atoms with Crippen LogP contribution in [0.4, 0.5) is 13.2 Å². The number of nitrogens with one attached hydrogen (secondary N) is 1. The summed E-state index contributed by atoms with van der Waals surface area (Å²) in [7, 11) is -3.74. The Morgan fingerprint density at radius 1 is 1.18 bits per heavy atom. The molecule has 0 bridgehead atoms. The summed E-state index contributed by atoms with van der Waals surface area (Å²) in [6.07, 6.45) is -4.46. The number of ether oxygens (including phenoxy) is 1. The van der Waals surface area contributed by atoms with Gasteiger partial charge in [0.1, 0.15) is 11.9 Å². The quantitative estimate of drug-likeness (QED) is 0.557. The topological polar surface area (TPSA) is 124 Å². The average Bonchev–Trinajstić information content (AvgIpc) is 3.34. The maximum absolute atomic E-state index is 12.7. The number of amidine groups is 1. The molecule has 0 saturated heterocycles. The monoisotopic (exact) mass is 480 g/mol. The van der Waals surface area contributed by atoms with Crippen LogP contribution in [0.2, 0.25) is 0 Å². The lowest BCUT2D eigenvalue weighted by Gasteiger charge is -2.07. The molecule has 1 atom stereocenters. The van der Waals surface area contributed by atoms with Crippen LogP contribution < -0.4 is 4.72 Å². The Morgan fingerprint density at radius 2 is 1.88 bits per heavy atom. The Kier molecular flexibility index (Phi) is 5.66. The molecule has 3 aromatic rings. The lowest BCUT2D eigenvalue weighted by atomic mass is 10.1. The number of esters is 1. The van der Waals surface area contributed by atoms with E-state index in [2.05, 4.69) is 19.9 Å². The zero-order chi connectivity index (χ0) is 23.8. The molecule has 1 aromatic heterocycles. The van der Waals surface area contributed by atoms with Crippen molar-refractivity contribution in [3.8, 4) is 11.4 Å². The number of nitrogens with zero attached hydrogens (tertiary/aromatic N) is 3. The number of hydrogen-bond acceptors (Lipinski definition) is 8. The number of fused-ring (bicyclic) bond motifs is 1. The SMILES string of the molecule is C[C@H](N=C1NS(=O)(=O)c2ccccc21)C(=O)OCc1nc(-c2ccc(C(F)(F)F)cc2)no1. The molecule has 0 aliphatic carbocycles. The van der Waals surface area contributed by atoms with Crippen molar-refractivity contribution in [3.05, 3.63) is 65.5 Å². The zero-order valence-corrected chi connectivity index (χ0v) is 17.6. The third-order valence-electron chi connectivity index (χ3n) is 4.60. The average molecular weight is 480 g/mol. The summed E-state index contributed by atoms with van der Waals surface area (Å²) in [6, 6.07) is 9.32. The van der Waals surface area contributed by atoms with Gasteiger partial charge in [0.25, 0.3) is 15.9 Å². The van der Waals surface area contributed by atoms with Gasteiger partial charge in [-0.2, -0.15) is 18.2 Å². The highest BCUT2D eigenvalue weighted by atomic mass is 32.2. The van der Waals surface area contributed by atoms with Gasteiger partial charge in [-0.3, -0.25) is 9.71 Å². The highest BCUT2D eigenvalue weighted by Crippen LogP contribution is 2.30. The largest absolute Gasteiger partial charge is 0.454 e. The highest BCUT2D eigenvalue weighted by molar-refractivity contribution is 7.90. The number of aromatic nitrogens is 2. The number of aliphatic imine (C=N–C) groups is 1. The number of rotatable bonds is 5. The standard InChI is InChI=1S/C20H15F3N4O5S/c1-11(24-18-14-4-2-3-5-15(14)33(29,30)27-18)19(28)31-10-16-25-17(26-32-16)12-6-8-13(9-7-12)20(21,22)23/h2-9,11H,10H2,1H3,(H,24,27)/t11-/m0/s1. The lowest BCUT2D eigenvalue weighted by Crippen LogP contribution is -2.26. The van der Waals surface area contributed by atoms with Gasteiger partial charge in [0.2, 0.25) is 5.82 Å². The predicted octanol–water partition coefficient (Wildman–Crippen LogP) is 2.93. The number of carbonyl (C=O) groups excluding carboxylic acids is 1. The van der Waals surface area contributed by atoms with Gasteiger partial charge in [-0.25, -0.2) is 13.2 Å². The van der Waals surface area contributed by atoms with E-state index in [1.165, 1.54) is 25.1 Å². The fourth-order valence-corrected chi connectivity index (χ4v) is 4.21. The van der Waals surface area contributed by atoms with E-state index in [9.17, 15) is 26.4 Å². The van der Waals surface area contributed by atoms with Crippen molar-refractivity contribution < 1.29 is 35.6 Å². The van der Waals surface area contributed by atoms with Crippen LogP contribution in [0, 0.1) is 0 Å². The molecule has 0 saturated carbocycles. The van der Waals surface area contributed by atoms with Crippen molar-refractivity contribution in [3.63, 3.8) is 0 Å². The molecule has 1 N–H and O–H groups in total. The van der Waals surface area contributed by atoms with Gasteiger partial charge in [0.15, 0.2) is 6.61 Å². The van der Waals surface area contributed by atoms with E-state index in [1.807, 2.05) is 0 Å². The Hall–Kier alpha value is -3.74. The van der Waals surface area contributed by atoms with Gasteiger partial charge in [-0.05, 0) is 31.2 Å². The van der Waals surface area contributed by atoms with Crippen LogP contribution in [0.25, 0.3) is 11.4 Å². The van der Waals surface area contributed by atoms with Crippen molar-refractivity contribution >= 4 is 21.8 Å². The van der Waals surface area contributed by atoms with E-state index in [1.54, 1.807) is 18.2 Å². The van der Waals surface area contributed by atoms with Gasteiger partial charge < -0.3 is 9.26 Å². The van der Waals surface area contributed by atoms with Crippen LogP contribution in [0.15, 0.2) is 62.9 Å². The maximum atomic E-state index is 12.7. The van der Waals surface area contributed by atoms with E-state index in [0.29, 0.717) is 5.56 Å². The first-order valence-corrected chi connectivity index (χ1v) is 10.9. The first-order valence-electron chi connectivity index (χ1n) is 9.41. The zero-order valence-electron chi connectivity index (χ0n) is 16.8. The van der Waals surface area contributed by atoms with Crippen molar-refractivity contribution in [2.45, 2.75) is 30.6 Å². The summed E-state index contributed by atoms with van der Waals surface area (Å²) in [4.78, 5) is 20.4. The molecule has 0 unspecified atom stereocenters. The molecule has 9 nitrogen and oxygen atoms in total. The maximum Gasteiger partial charge on any atom is 0.416 e. The highest BCUT2D eigenvalue weighted by Gasteiger charge is 2.32. The molecular weight excluding hydrogens is 465 g/mol. The van der Waals surface area contributed by atoms with E-state index >= 15 is 0 Å². The smallest absolute Gasteiger partial charge is 0.416 e. The number of alkyl halides is 3. The van der Waals surface area contributed by atoms with Crippen LogP contribution in [-0.4, -0.2) is 36.4 Å². The molecular formula is C20H15F3N4O5S. The number of benzene rings is 2. The summed E-state index contributed by atoms with van der Waals surface area (Å²) in [6.45, 7) is 1.02. The van der Waals surface area contributed by atoms with Crippen LogP contribution in [0.5, 0.6) is 0 Å². The van der Waals surface area contributed by atoms with Crippen molar-refractivity contribution in [1.29, 1.82) is 0 Å². The van der Waals surface area contributed by atoms with Crippen molar-refractivity contribution in [2.75, 3.05) is 0 Å². The molecule has 0 radical (unpaired) electrons. The van der Waals surface area contributed by atoms with Gasteiger partial charge >= 0.3 is 12.1 Å². The number of hydrogen-bond donors (Lipinski definition) is 1. The minimum Gasteiger partial charge on any atom is -0.454 e. The van der Waals surface area contributed by atoms with Gasteiger partial charge in [-0.15, -0.1) is 0 Å². The van der Waals surface area contributed by atoms with Crippen molar-refractivity contribution in [2.24, 2.45) is 4.99 Å². The summed E-state index contributed by atoms with van der Waals surface area (Å²) in [5.41, 5.74) is -0.182. The van der Waals surface area contributed by atoms with Crippen LogP contribution >= 0.6 is 0 Å². The molecule has 172 valence electrons. The van der Waals surface area contributed by atoms with Crippen LogP contribution in [-0.2, 0) is 32.3 Å². The Bertz CT molecular complexity index is 1330. The molecule has 0 fully saturated rings. The first-order chi connectivity index (χ1) is 15.5. The molecule has 1 aliphatic heterocycles. The van der Waals surface area contributed by atoms with Gasteiger partial charge in [0, 0.05) is 11.1 Å². The third kappa shape index (κ3) is 4.72. The number of halogens is 3. The molecule has 4 rings (SSSR count). The minimum atomic E-state index is -4.46. The molecule has 13 heteroatoms. The second-order valence-electron chi connectivity index (χ2n) is 6.95. The summed E-state index contributed by atoms with van der Waals surface area (Å²) < 4.78 is 74.6.